The van der Waals surface area contributed by atoms with E-state index >= 15 is 0 Å². The van der Waals surface area contributed by atoms with Gasteiger partial charge in [0.1, 0.15) is 0 Å². The molecule has 37 heavy (non-hydrogen) atoms. The number of hydrogen-bond acceptors (Lipinski definition) is 1. The minimum atomic E-state index is -1.28. The summed E-state index contributed by atoms with van der Waals surface area (Å²) in [6.45, 7) is 10.2. The highest BCUT2D eigenvalue weighted by atomic mass is 28.4. The minimum Gasteiger partial charge on any atom is -0.418 e. The summed E-state index contributed by atoms with van der Waals surface area (Å²) in [5, 5.41) is 0. The van der Waals surface area contributed by atoms with E-state index in [4.69, 9.17) is 4.43 Å². The Hall–Kier alpha value is 0.177. The molecule has 0 saturated heterocycles. The van der Waals surface area contributed by atoms with Gasteiger partial charge in [-0.15, -0.1) is 0 Å². The highest BCUT2D eigenvalue weighted by molar-refractivity contribution is 6.69. The summed E-state index contributed by atoms with van der Waals surface area (Å²) in [4.78, 5) is 0. The molecule has 0 N–H and O–H groups in total. The van der Waals surface area contributed by atoms with Crippen molar-refractivity contribution in [2.45, 2.75) is 219 Å². The number of hydrogen-bond donors (Lipinski definition) is 0. The summed E-state index contributed by atoms with van der Waals surface area (Å²) in [6, 6.07) is 0. The average molecular weight is 539 g/mol. The molecular weight excluding hydrogens is 464 g/mol. The molecule has 0 radical (unpaired) electrons. The predicted molar refractivity (Wildman–Crippen MR) is 173 cm³/mol. The van der Waals surface area contributed by atoms with E-state index in [1.165, 1.54) is 193 Å². The summed E-state index contributed by atoms with van der Waals surface area (Å²) < 4.78 is 5.93. The molecule has 0 aliphatic heterocycles. The highest BCUT2D eigenvalue weighted by Crippen LogP contribution is 2.16. The van der Waals surface area contributed by atoms with Gasteiger partial charge in [0, 0.05) is 6.61 Å². The molecule has 0 aromatic heterocycles. The second-order valence-corrected chi connectivity index (χ2v) is 17.7. The van der Waals surface area contributed by atoms with Gasteiger partial charge in [0.25, 0.3) is 0 Å². The zero-order chi connectivity index (χ0) is 27.1. The van der Waals surface area contributed by atoms with Gasteiger partial charge in [0.05, 0.1) is 0 Å². The molecule has 0 heterocycles. The van der Waals surface area contributed by atoms with Crippen LogP contribution in [0, 0.1) is 0 Å². The maximum atomic E-state index is 5.93. The van der Waals surface area contributed by atoms with Crippen molar-refractivity contribution < 1.29 is 4.43 Å². The molecule has 0 aliphatic carbocycles. The van der Waals surface area contributed by atoms with Crippen molar-refractivity contribution in [3.05, 3.63) is 0 Å². The van der Waals surface area contributed by atoms with E-state index in [0.29, 0.717) is 0 Å². The van der Waals surface area contributed by atoms with E-state index in [0.717, 1.165) is 6.61 Å². The molecule has 0 aromatic carbocycles. The van der Waals surface area contributed by atoms with Gasteiger partial charge in [-0.2, -0.15) is 0 Å². The van der Waals surface area contributed by atoms with Crippen LogP contribution in [0.3, 0.4) is 0 Å². The zero-order valence-corrected chi connectivity index (χ0v) is 27.8. The van der Waals surface area contributed by atoms with Gasteiger partial charge in [0.15, 0.2) is 8.32 Å². The van der Waals surface area contributed by atoms with E-state index in [9.17, 15) is 0 Å². The molecular formula is C35H74OSi. The molecule has 0 rings (SSSR count). The lowest BCUT2D eigenvalue weighted by molar-refractivity contribution is 0.298. The van der Waals surface area contributed by atoms with Gasteiger partial charge in [0.2, 0.25) is 0 Å². The third-order valence-electron chi connectivity index (χ3n) is 8.03. The van der Waals surface area contributed by atoms with Gasteiger partial charge in [-0.25, -0.2) is 0 Å². The molecule has 224 valence electrons. The van der Waals surface area contributed by atoms with Gasteiger partial charge < -0.3 is 4.43 Å². The van der Waals surface area contributed by atoms with Gasteiger partial charge in [-0.05, 0) is 26.1 Å². The van der Waals surface area contributed by atoms with Crippen LogP contribution in [0.4, 0.5) is 0 Å². The monoisotopic (exact) mass is 539 g/mol. The number of rotatable bonds is 32. The fourth-order valence-corrected chi connectivity index (χ4v) is 6.26. The Morgan fingerprint density at radius 1 is 0.297 bits per heavy atom. The van der Waals surface area contributed by atoms with Crippen molar-refractivity contribution >= 4 is 8.32 Å². The molecule has 0 saturated carbocycles. The number of unbranched alkanes of at least 4 members (excludes halogenated alkanes) is 29. The van der Waals surface area contributed by atoms with Crippen molar-refractivity contribution in [2.24, 2.45) is 0 Å². The maximum Gasteiger partial charge on any atom is 0.183 e. The fourth-order valence-electron chi connectivity index (χ4n) is 5.50. The third kappa shape index (κ3) is 36.2. The van der Waals surface area contributed by atoms with Crippen LogP contribution in [-0.4, -0.2) is 14.9 Å². The first-order valence-electron chi connectivity index (χ1n) is 17.7. The first-order valence-corrected chi connectivity index (χ1v) is 21.1. The van der Waals surface area contributed by atoms with E-state index in [1.807, 2.05) is 0 Å². The summed E-state index contributed by atoms with van der Waals surface area (Å²) in [5.74, 6) is 0. The van der Waals surface area contributed by atoms with Crippen LogP contribution in [0.1, 0.15) is 200 Å². The van der Waals surface area contributed by atoms with Gasteiger partial charge in [-0.3, -0.25) is 0 Å². The summed E-state index contributed by atoms with van der Waals surface area (Å²) >= 11 is 0. The van der Waals surface area contributed by atoms with Crippen molar-refractivity contribution in [1.29, 1.82) is 0 Å². The van der Waals surface area contributed by atoms with Crippen LogP contribution in [-0.2, 0) is 4.43 Å². The second kappa shape index (κ2) is 30.7. The van der Waals surface area contributed by atoms with Crippen molar-refractivity contribution in [2.75, 3.05) is 6.61 Å². The molecule has 2 heteroatoms. The highest BCUT2D eigenvalue weighted by Gasteiger charge is 2.12. The minimum absolute atomic E-state index is 0.995. The van der Waals surface area contributed by atoms with Crippen molar-refractivity contribution in [1.82, 2.24) is 0 Å². The SMILES string of the molecule is CCCCCCCCCCCCCCCCCCCCCCCCCCCCCCCCO[Si](C)(C)C. The first-order chi connectivity index (χ1) is 18.1. The first kappa shape index (κ1) is 37.2. The molecule has 0 aromatic rings. The summed E-state index contributed by atoms with van der Waals surface area (Å²) in [6.07, 6.45) is 43.9. The van der Waals surface area contributed by atoms with Gasteiger partial charge >= 0.3 is 0 Å². The van der Waals surface area contributed by atoms with Gasteiger partial charge in [-0.1, -0.05) is 193 Å². The van der Waals surface area contributed by atoms with Crippen LogP contribution in [0.15, 0.2) is 0 Å². The van der Waals surface area contributed by atoms with Crippen molar-refractivity contribution in [3.8, 4) is 0 Å². The van der Waals surface area contributed by atoms with E-state index in [-0.39, 0.29) is 0 Å². The normalized spacial score (nSPS) is 12.0. The summed E-state index contributed by atoms with van der Waals surface area (Å²) in [7, 11) is -1.28. The van der Waals surface area contributed by atoms with Crippen LogP contribution in [0.25, 0.3) is 0 Å². The molecule has 0 atom stereocenters. The Bertz CT molecular complexity index is 403. The lowest BCUT2D eigenvalue weighted by Crippen LogP contribution is -2.25. The van der Waals surface area contributed by atoms with Crippen LogP contribution >= 0.6 is 0 Å². The second-order valence-electron chi connectivity index (χ2n) is 13.2. The Morgan fingerprint density at radius 3 is 0.676 bits per heavy atom. The van der Waals surface area contributed by atoms with Crippen LogP contribution in [0.2, 0.25) is 19.6 Å². The topological polar surface area (TPSA) is 9.23 Å². The molecule has 0 aliphatic rings. The maximum absolute atomic E-state index is 5.93. The smallest absolute Gasteiger partial charge is 0.183 e. The lowest BCUT2D eigenvalue weighted by Gasteiger charge is -2.16. The quantitative estimate of drug-likeness (QED) is 0.0611. The van der Waals surface area contributed by atoms with E-state index < -0.39 is 8.32 Å². The largest absolute Gasteiger partial charge is 0.418 e. The molecule has 0 fully saturated rings. The fraction of sp³-hybridized carbons (Fsp3) is 1.00. The Labute approximate surface area is 238 Å². The summed E-state index contributed by atoms with van der Waals surface area (Å²) in [5.41, 5.74) is 0. The Balaban J connectivity index is 3.04. The predicted octanol–water partition coefficient (Wildman–Crippen LogP) is 13.6. The van der Waals surface area contributed by atoms with Crippen LogP contribution < -0.4 is 0 Å². The van der Waals surface area contributed by atoms with E-state index in [2.05, 4.69) is 26.6 Å². The van der Waals surface area contributed by atoms with Crippen LogP contribution in [0.5, 0.6) is 0 Å². The Kier molecular flexibility index (Phi) is 30.9. The molecule has 1 nitrogen and oxygen atoms in total. The third-order valence-corrected chi connectivity index (χ3v) is 9.10. The lowest BCUT2D eigenvalue weighted by atomic mass is 10.0. The standard InChI is InChI=1S/C35H74OSi/c1-5-6-7-8-9-10-11-12-13-14-15-16-17-18-19-20-21-22-23-24-25-26-27-28-29-30-31-32-33-34-35-36-37(2,3)4/h5-35H2,1-4H3. The average Bonchev–Trinajstić information content (AvgIpc) is 2.86. The van der Waals surface area contributed by atoms with E-state index in [1.54, 1.807) is 0 Å². The zero-order valence-electron chi connectivity index (χ0n) is 26.8. The Morgan fingerprint density at radius 2 is 0.486 bits per heavy atom. The van der Waals surface area contributed by atoms with Crippen molar-refractivity contribution in [3.63, 3.8) is 0 Å². The molecule has 0 amide bonds. The molecule has 0 unspecified atom stereocenters. The molecule has 0 bridgehead atoms. The molecule has 0 spiro atoms.